The topological polar surface area (TPSA) is 48.5 Å². The number of hydrogen-bond donors (Lipinski definition) is 0. The Morgan fingerprint density at radius 1 is 0.617 bits per heavy atom. The van der Waals surface area contributed by atoms with E-state index >= 15 is 0 Å². The van der Waals surface area contributed by atoms with Crippen LogP contribution in [0.3, 0.4) is 0 Å². The van der Waals surface area contributed by atoms with Crippen molar-refractivity contribution in [3.63, 3.8) is 0 Å². The third-order valence-corrected chi connectivity index (χ3v) is 12.3. The Kier molecular flexibility index (Phi) is 8.31. The molecule has 60 heavy (non-hydrogen) atoms. The summed E-state index contributed by atoms with van der Waals surface area (Å²) in [6, 6.07) is 44.3. The van der Waals surface area contributed by atoms with Crippen molar-refractivity contribution in [3.8, 4) is 39.3 Å². The van der Waals surface area contributed by atoms with Gasteiger partial charge in [0.05, 0.1) is 44.7 Å². The monoisotopic (exact) mass is 771 g/mol. The number of para-hydroxylation sites is 1. The van der Waals surface area contributed by atoms with Crippen molar-refractivity contribution in [2.24, 2.45) is 0 Å². The van der Waals surface area contributed by atoms with Crippen LogP contribution in [0.5, 0.6) is 0 Å². The number of fused-ring (bicyclic) bond motifs is 10. The quantitative estimate of drug-likeness (QED) is 0.152. The molecule has 5 heterocycles. The number of benzene rings is 5. The molecule has 0 aliphatic heterocycles. The summed E-state index contributed by atoms with van der Waals surface area (Å²) in [4.78, 5) is 14.5. The van der Waals surface area contributed by atoms with Gasteiger partial charge in [-0.2, -0.15) is 0 Å². The Labute approximate surface area is 348 Å². The Morgan fingerprint density at radius 3 is 1.98 bits per heavy atom. The second-order valence-electron chi connectivity index (χ2n) is 15.6. The van der Waals surface area contributed by atoms with Crippen molar-refractivity contribution >= 4 is 72.4 Å². The Bertz CT molecular complexity index is 3490. The zero-order valence-corrected chi connectivity index (χ0v) is 33.7. The first-order valence-corrected chi connectivity index (χ1v) is 20.6. The van der Waals surface area contributed by atoms with E-state index in [1.165, 1.54) is 49.3 Å². The molecule has 0 unspecified atom stereocenters. The van der Waals surface area contributed by atoms with E-state index in [9.17, 15) is 0 Å². The van der Waals surface area contributed by atoms with Crippen LogP contribution in [0.15, 0.2) is 165 Å². The summed E-state index contributed by atoms with van der Waals surface area (Å²) in [6.07, 6.45) is 15.7. The van der Waals surface area contributed by atoms with Crippen LogP contribution in [0.2, 0.25) is 0 Å². The molecule has 0 saturated heterocycles. The van der Waals surface area contributed by atoms with E-state index in [0.717, 1.165) is 85.5 Å². The fraction of sp³-hybridized carbons (Fsp3) is 0.0727. The van der Waals surface area contributed by atoms with Crippen LogP contribution in [0.1, 0.15) is 36.2 Å². The minimum absolute atomic E-state index is 0.919. The maximum Gasteiger partial charge on any atom is 0.0709 e. The third-order valence-electron chi connectivity index (χ3n) is 12.3. The molecule has 11 rings (SSSR count). The lowest BCUT2D eigenvalue weighted by Crippen LogP contribution is -2.05. The molecule has 5 aromatic carbocycles. The highest BCUT2D eigenvalue weighted by Crippen LogP contribution is 2.45. The number of aromatic nitrogens is 5. The normalized spacial score (nSPS) is 12.9. The maximum atomic E-state index is 5.07. The summed E-state index contributed by atoms with van der Waals surface area (Å²) >= 11 is 0. The summed E-state index contributed by atoms with van der Waals surface area (Å²) in [6.45, 7) is 12.4. The molecule has 5 heteroatoms. The summed E-state index contributed by atoms with van der Waals surface area (Å²) in [5.74, 6) is 0. The third kappa shape index (κ3) is 5.50. The molecule has 5 aromatic heterocycles. The molecule has 0 N–H and O–H groups in total. The van der Waals surface area contributed by atoms with Crippen LogP contribution in [0.4, 0.5) is 0 Å². The number of rotatable bonds is 7. The Hall–Kier alpha value is -7.63. The van der Waals surface area contributed by atoms with Crippen LogP contribution >= 0.6 is 0 Å². The molecule has 0 amide bonds. The standard InChI is InChI=1S/C55H41N5/c1-5-11-48-34(6-2)16-20-50(57-48)38-19-23-53-45(31-38)47-29-37-15-14-36-28-46-44-30-39(51-21-17-35-12-9-10-13-49(35)58-51)18-22-52(44)59(40(7-3)8-4)54(46)32-42(36)43(37)33-55(47)60(53)41-24-26-56-27-25-41/h5-13,16-33H,2-3,14-15H2,1,4H3/b11-5-,40-8+. The van der Waals surface area contributed by atoms with Gasteiger partial charge in [0.2, 0.25) is 0 Å². The van der Waals surface area contributed by atoms with Gasteiger partial charge in [0.15, 0.2) is 0 Å². The fourth-order valence-corrected chi connectivity index (χ4v) is 9.45. The van der Waals surface area contributed by atoms with Gasteiger partial charge in [0.1, 0.15) is 0 Å². The van der Waals surface area contributed by atoms with Gasteiger partial charge >= 0.3 is 0 Å². The van der Waals surface area contributed by atoms with Gasteiger partial charge in [0.25, 0.3) is 0 Å². The van der Waals surface area contributed by atoms with Crippen molar-refractivity contribution in [1.29, 1.82) is 0 Å². The first-order valence-electron chi connectivity index (χ1n) is 20.6. The lowest BCUT2D eigenvalue weighted by Gasteiger charge is -2.21. The van der Waals surface area contributed by atoms with Crippen LogP contribution in [0, 0.1) is 0 Å². The molecular formula is C55H41N5. The second-order valence-corrected chi connectivity index (χ2v) is 15.6. The average molecular weight is 772 g/mol. The number of nitrogens with zero attached hydrogens (tertiary/aromatic N) is 5. The largest absolute Gasteiger partial charge is 0.310 e. The molecule has 10 aromatic rings. The van der Waals surface area contributed by atoms with Crippen LogP contribution in [0.25, 0.3) is 112 Å². The SMILES string of the molecule is C=C/C(=C\C)n1c2ccc(-c3ccc4ccccc4n3)cc2c2cc3c(cc21)-c1cc2c(cc1CC3)c1cc(-c3ccc(C=C)c(/C=C\C)n3)ccc1n2-c1ccncc1. The molecule has 1 aliphatic carbocycles. The Balaban J connectivity index is 1.13. The van der Waals surface area contributed by atoms with E-state index < -0.39 is 0 Å². The van der Waals surface area contributed by atoms with E-state index in [2.05, 4.69) is 156 Å². The van der Waals surface area contributed by atoms with Crippen molar-refractivity contribution in [2.75, 3.05) is 0 Å². The average Bonchev–Trinajstić information content (AvgIpc) is 3.79. The fourth-order valence-electron chi connectivity index (χ4n) is 9.45. The van der Waals surface area contributed by atoms with Gasteiger partial charge in [-0.25, -0.2) is 9.97 Å². The van der Waals surface area contributed by atoms with Gasteiger partial charge in [-0.05, 0) is 146 Å². The highest BCUT2D eigenvalue weighted by Gasteiger charge is 2.24. The molecule has 0 fully saturated rings. The van der Waals surface area contributed by atoms with Gasteiger partial charge in [-0.15, -0.1) is 0 Å². The minimum atomic E-state index is 0.919. The summed E-state index contributed by atoms with van der Waals surface area (Å²) in [5.41, 5.74) is 19.1. The first-order chi connectivity index (χ1) is 29.5. The van der Waals surface area contributed by atoms with E-state index in [-0.39, 0.29) is 0 Å². The van der Waals surface area contributed by atoms with Crippen molar-refractivity contribution in [1.82, 2.24) is 24.1 Å². The lowest BCUT2D eigenvalue weighted by atomic mass is 9.84. The molecule has 0 atom stereocenters. The molecule has 0 radical (unpaired) electrons. The summed E-state index contributed by atoms with van der Waals surface area (Å²) in [7, 11) is 0. The Morgan fingerprint density at radius 2 is 1.27 bits per heavy atom. The zero-order chi connectivity index (χ0) is 40.5. The molecule has 0 spiro atoms. The molecule has 5 nitrogen and oxygen atoms in total. The molecule has 286 valence electrons. The van der Waals surface area contributed by atoms with Crippen molar-refractivity contribution in [2.45, 2.75) is 26.7 Å². The lowest BCUT2D eigenvalue weighted by molar-refractivity contribution is 0.946. The zero-order valence-electron chi connectivity index (χ0n) is 33.7. The first kappa shape index (κ1) is 35.5. The van der Waals surface area contributed by atoms with Gasteiger partial charge in [-0.1, -0.05) is 73.9 Å². The van der Waals surface area contributed by atoms with Crippen molar-refractivity contribution < 1.29 is 0 Å². The van der Waals surface area contributed by atoms with E-state index in [4.69, 9.17) is 9.97 Å². The number of aryl methyl sites for hydroxylation is 2. The maximum absolute atomic E-state index is 5.07. The summed E-state index contributed by atoms with van der Waals surface area (Å²) in [5, 5.41) is 6.02. The molecule has 1 aliphatic rings. The minimum Gasteiger partial charge on any atom is -0.310 e. The van der Waals surface area contributed by atoms with Crippen LogP contribution in [-0.4, -0.2) is 24.1 Å². The number of allylic oxidation sites excluding steroid dienone is 4. The number of hydrogen-bond acceptors (Lipinski definition) is 3. The summed E-state index contributed by atoms with van der Waals surface area (Å²) < 4.78 is 4.76. The van der Waals surface area contributed by atoms with E-state index in [1.807, 2.05) is 49.7 Å². The second kappa shape index (κ2) is 14.0. The highest BCUT2D eigenvalue weighted by molar-refractivity contribution is 6.15. The van der Waals surface area contributed by atoms with Gasteiger partial charge in [0, 0.05) is 61.8 Å². The molecule has 0 saturated carbocycles. The predicted octanol–water partition coefficient (Wildman–Crippen LogP) is 14.1. The highest BCUT2D eigenvalue weighted by atomic mass is 15.0. The van der Waals surface area contributed by atoms with Gasteiger partial charge < -0.3 is 9.13 Å². The smallest absolute Gasteiger partial charge is 0.0709 e. The number of pyridine rings is 3. The predicted molar refractivity (Wildman–Crippen MR) is 253 cm³/mol. The van der Waals surface area contributed by atoms with Gasteiger partial charge in [-0.3, -0.25) is 4.98 Å². The molecular weight excluding hydrogens is 731 g/mol. The van der Waals surface area contributed by atoms with E-state index in [0.29, 0.717) is 0 Å². The molecule has 0 bridgehead atoms. The van der Waals surface area contributed by atoms with Crippen LogP contribution in [-0.2, 0) is 12.8 Å². The van der Waals surface area contributed by atoms with E-state index in [1.54, 1.807) is 0 Å². The van der Waals surface area contributed by atoms with Crippen molar-refractivity contribution in [3.05, 3.63) is 187 Å². The van der Waals surface area contributed by atoms with Crippen LogP contribution < -0.4 is 0 Å².